The van der Waals surface area contributed by atoms with Crippen LogP contribution in [0.4, 0.5) is 4.39 Å². The Kier molecular flexibility index (Phi) is 8.12. The number of para-hydroxylation sites is 1. The molecule has 3 aromatic rings. The molecular weight excluding hydrogens is 419 g/mol. The van der Waals surface area contributed by atoms with Gasteiger partial charge in [0, 0.05) is 5.56 Å². The van der Waals surface area contributed by atoms with Gasteiger partial charge in [0.1, 0.15) is 18.2 Å². The summed E-state index contributed by atoms with van der Waals surface area (Å²) in [4.78, 5) is 0. The molecule has 5 nitrogen and oxygen atoms in total. The number of rotatable bonds is 10. The molecule has 0 aliphatic heterocycles. The van der Waals surface area contributed by atoms with Crippen LogP contribution < -0.4 is 19.6 Å². The van der Waals surface area contributed by atoms with Crippen molar-refractivity contribution >= 4 is 17.8 Å². The van der Waals surface area contributed by atoms with Crippen molar-refractivity contribution in [1.82, 2.24) is 5.43 Å². The third-order valence-corrected chi connectivity index (χ3v) is 4.68. The van der Waals surface area contributed by atoms with Crippen molar-refractivity contribution in [2.45, 2.75) is 20.1 Å². The van der Waals surface area contributed by atoms with Crippen LogP contribution in [-0.2, 0) is 13.2 Å². The summed E-state index contributed by atoms with van der Waals surface area (Å²) in [6, 6.07) is 17.4. The zero-order valence-electron chi connectivity index (χ0n) is 17.4. The molecule has 3 aromatic carbocycles. The summed E-state index contributed by atoms with van der Waals surface area (Å²) >= 11 is 6.45. The molecule has 162 valence electrons. The number of hydrogen-bond acceptors (Lipinski definition) is 5. The second kappa shape index (κ2) is 11.2. The molecule has 0 atom stereocenters. The van der Waals surface area contributed by atoms with Gasteiger partial charge in [0.2, 0.25) is 0 Å². The van der Waals surface area contributed by atoms with Gasteiger partial charge in [-0.05, 0) is 48.4 Å². The summed E-state index contributed by atoms with van der Waals surface area (Å²) in [5.74, 6) is 1.46. The third kappa shape index (κ3) is 6.36. The van der Waals surface area contributed by atoms with E-state index < -0.39 is 0 Å². The zero-order valence-corrected chi connectivity index (χ0v) is 18.2. The van der Waals surface area contributed by atoms with E-state index in [1.807, 2.05) is 37.3 Å². The molecule has 0 unspecified atom stereocenters. The maximum Gasteiger partial charge on any atom is 0.180 e. The summed E-state index contributed by atoms with van der Waals surface area (Å²) in [5, 5.41) is 4.67. The normalized spacial score (nSPS) is 10.8. The quantitative estimate of drug-likeness (QED) is 0.328. The second-order valence-electron chi connectivity index (χ2n) is 6.58. The van der Waals surface area contributed by atoms with Gasteiger partial charge in [-0.3, -0.25) is 0 Å². The highest BCUT2D eigenvalue weighted by molar-refractivity contribution is 6.32. The van der Waals surface area contributed by atoms with Crippen LogP contribution in [0.3, 0.4) is 0 Å². The number of hydrazone groups is 1. The van der Waals surface area contributed by atoms with Crippen LogP contribution in [-0.4, -0.2) is 19.9 Å². The molecule has 0 radical (unpaired) electrons. The van der Waals surface area contributed by atoms with E-state index in [4.69, 9.17) is 25.8 Å². The maximum atomic E-state index is 13.1. The molecule has 1 N–H and O–H groups in total. The predicted octanol–water partition coefficient (Wildman–Crippen LogP) is 5.59. The van der Waals surface area contributed by atoms with E-state index in [1.54, 1.807) is 31.5 Å². The van der Waals surface area contributed by atoms with Crippen molar-refractivity contribution in [3.8, 4) is 17.2 Å². The molecule has 0 heterocycles. The number of ether oxygens (including phenoxy) is 3. The fraction of sp³-hybridized carbons (Fsp3) is 0.208. The Hall–Kier alpha value is -3.25. The van der Waals surface area contributed by atoms with Crippen molar-refractivity contribution in [2.75, 3.05) is 13.7 Å². The van der Waals surface area contributed by atoms with Crippen LogP contribution in [0, 0.1) is 5.82 Å². The van der Waals surface area contributed by atoms with Gasteiger partial charge in [-0.2, -0.15) is 5.10 Å². The lowest BCUT2D eigenvalue weighted by atomic mass is 10.2. The van der Waals surface area contributed by atoms with Crippen LogP contribution in [0.15, 0.2) is 65.8 Å². The molecule has 0 fully saturated rings. The number of methoxy groups -OCH3 is 1. The molecule has 31 heavy (non-hydrogen) atoms. The van der Waals surface area contributed by atoms with E-state index in [2.05, 4.69) is 10.5 Å². The van der Waals surface area contributed by atoms with Gasteiger partial charge >= 0.3 is 0 Å². The van der Waals surface area contributed by atoms with E-state index in [9.17, 15) is 4.39 Å². The molecule has 0 saturated carbocycles. The molecule has 0 amide bonds. The van der Waals surface area contributed by atoms with Gasteiger partial charge in [0.05, 0.1) is 31.5 Å². The van der Waals surface area contributed by atoms with Crippen LogP contribution >= 0.6 is 11.6 Å². The van der Waals surface area contributed by atoms with Crippen molar-refractivity contribution in [1.29, 1.82) is 0 Å². The summed E-state index contributed by atoms with van der Waals surface area (Å²) in [5.41, 5.74) is 5.59. The fourth-order valence-electron chi connectivity index (χ4n) is 2.90. The number of nitrogens with zero attached hydrogens (tertiary/aromatic N) is 1. The van der Waals surface area contributed by atoms with Crippen molar-refractivity contribution in [3.63, 3.8) is 0 Å². The lowest BCUT2D eigenvalue weighted by Gasteiger charge is -2.14. The minimum atomic E-state index is -0.292. The number of halogens is 2. The van der Waals surface area contributed by atoms with Crippen LogP contribution in [0.2, 0.25) is 5.02 Å². The fourth-order valence-corrected chi connectivity index (χ4v) is 3.18. The van der Waals surface area contributed by atoms with Crippen molar-refractivity contribution in [2.24, 2.45) is 5.10 Å². The lowest BCUT2D eigenvalue weighted by Crippen LogP contribution is -2.07. The van der Waals surface area contributed by atoms with Gasteiger partial charge in [0.25, 0.3) is 0 Å². The highest BCUT2D eigenvalue weighted by Gasteiger charge is 2.12. The molecule has 0 saturated heterocycles. The van der Waals surface area contributed by atoms with E-state index in [0.717, 1.165) is 22.4 Å². The van der Waals surface area contributed by atoms with Gasteiger partial charge in [-0.1, -0.05) is 41.9 Å². The van der Waals surface area contributed by atoms with Crippen molar-refractivity contribution < 1.29 is 18.6 Å². The maximum absolute atomic E-state index is 13.1. The Morgan fingerprint density at radius 3 is 2.55 bits per heavy atom. The van der Waals surface area contributed by atoms with Crippen LogP contribution in [0.1, 0.15) is 23.6 Å². The number of benzene rings is 3. The van der Waals surface area contributed by atoms with Crippen LogP contribution in [0.25, 0.3) is 0 Å². The Labute approximate surface area is 186 Å². The first-order valence-electron chi connectivity index (χ1n) is 9.82. The standard InChI is InChI=1S/C24H24ClFN2O3/c1-3-30-23-13-18(14-27-28-15-19-6-4-5-7-22(19)29-2)12-21(25)24(23)31-16-17-8-10-20(26)11-9-17/h4-14,28H,3,15-16H2,1-2H3/b27-14-. The summed E-state index contributed by atoms with van der Waals surface area (Å²) < 4.78 is 30.0. The molecule has 0 aromatic heterocycles. The Balaban J connectivity index is 1.68. The molecule has 0 aliphatic carbocycles. The first kappa shape index (κ1) is 22.4. The topological polar surface area (TPSA) is 52.1 Å². The highest BCUT2D eigenvalue weighted by atomic mass is 35.5. The van der Waals surface area contributed by atoms with E-state index in [0.29, 0.717) is 29.7 Å². The predicted molar refractivity (Wildman–Crippen MR) is 121 cm³/mol. The van der Waals surface area contributed by atoms with Crippen LogP contribution in [0.5, 0.6) is 17.2 Å². The molecule has 0 bridgehead atoms. The molecule has 0 spiro atoms. The van der Waals surface area contributed by atoms with Crippen molar-refractivity contribution in [3.05, 3.63) is 88.2 Å². The number of hydrogen-bond donors (Lipinski definition) is 1. The SMILES string of the molecule is CCOc1cc(/C=N\NCc2ccccc2OC)cc(Cl)c1OCc1ccc(F)cc1. The van der Waals surface area contributed by atoms with E-state index in [1.165, 1.54) is 12.1 Å². The average molecular weight is 443 g/mol. The third-order valence-electron chi connectivity index (χ3n) is 4.40. The van der Waals surface area contributed by atoms with Gasteiger partial charge in [-0.25, -0.2) is 4.39 Å². The summed E-state index contributed by atoms with van der Waals surface area (Å²) in [6.07, 6.45) is 1.66. The first-order chi connectivity index (χ1) is 15.1. The highest BCUT2D eigenvalue weighted by Crippen LogP contribution is 2.37. The molecule has 7 heteroatoms. The smallest absolute Gasteiger partial charge is 0.180 e. The lowest BCUT2D eigenvalue weighted by molar-refractivity contribution is 0.269. The summed E-state index contributed by atoms with van der Waals surface area (Å²) in [7, 11) is 1.64. The molecule has 0 aliphatic rings. The summed E-state index contributed by atoms with van der Waals surface area (Å²) in [6.45, 7) is 3.10. The Morgan fingerprint density at radius 2 is 1.81 bits per heavy atom. The average Bonchev–Trinajstić information content (AvgIpc) is 2.78. The van der Waals surface area contributed by atoms with Gasteiger partial charge in [-0.15, -0.1) is 0 Å². The van der Waals surface area contributed by atoms with Gasteiger partial charge < -0.3 is 19.6 Å². The minimum Gasteiger partial charge on any atom is -0.496 e. The number of nitrogens with one attached hydrogen (secondary N) is 1. The monoisotopic (exact) mass is 442 g/mol. The Bertz CT molecular complexity index is 1030. The largest absolute Gasteiger partial charge is 0.496 e. The molecular formula is C24H24ClFN2O3. The van der Waals surface area contributed by atoms with E-state index >= 15 is 0 Å². The second-order valence-corrected chi connectivity index (χ2v) is 6.99. The molecule has 3 rings (SSSR count). The Morgan fingerprint density at radius 1 is 1.03 bits per heavy atom. The van der Waals surface area contributed by atoms with E-state index in [-0.39, 0.29) is 12.4 Å². The van der Waals surface area contributed by atoms with Gasteiger partial charge in [0.15, 0.2) is 11.5 Å². The minimum absolute atomic E-state index is 0.244. The first-order valence-corrected chi connectivity index (χ1v) is 10.2. The zero-order chi connectivity index (χ0) is 22.1.